The number of nitrogens with two attached hydrogens (primary N) is 1. The fraction of sp³-hybridized carbons (Fsp3) is 0.667. The molecule has 1 heterocycles. The summed E-state index contributed by atoms with van der Waals surface area (Å²) in [6, 6.07) is 4.46. The van der Waals surface area contributed by atoms with Gasteiger partial charge >= 0.3 is 0 Å². The predicted molar refractivity (Wildman–Crippen MR) is 68.4 cm³/mol. The van der Waals surface area contributed by atoms with Crippen molar-refractivity contribution in [1.82, 2.24) is 5.32 Å². The zero-order chi connectivity index (χ0) is 11.3. The minimum absolute atomic E-state index is 0.278. The molecule has 0 amide bonds. The molecule has 0 spiro atoms. The smallest absolute Gasteiger partial charge is 0.0299 e. The van der Waals surface area contributed by atoms with Crippen molar-refractivity contribution in [1.29, 1.82) is 0 Å². The fourth-order valence-corrected chi connectivity index (χ4v) is 2.35. The highest BCUT2D eigenvalue weighted by Crippen LogP contribution is 2.29. The number of nitrogens with one attached hydrogen (secondary N) is 1. The summed E-state index contributed by atoms with van der Waals surface area (Å²) < 4.78 is 0. The van der Waals surface area contributed by atoms with Gasteiger partial charge in [0, 0.05) is 16.3 Å². The van der Waals surface area contributed by atoms with E-state index in [4.69, 9.17) is 5.73 Å². The molecule has 0 aromatic carbocycles. The van der Waals surface area contributed by atoms with Crippen LogP contribution in [0.25, 0.3) is 0 Å². The first-order valence-electron chi connectivity index (χ1n) is 5.54. The van der Waals surface area contributed by atoms with Crippen molar-refractivity contribution in [3.8, 4) is 0 Å². The molecule has 1 aromatic rings. The van der Waals surface area contributed by atoms with Crippen LogP contribution in [0.5, 0.6) is 0 Å². The third-order valence-electron chi connectivity index (χ3n) is 2.26. The average Bonchev–Trinajstić information content (AvgIpc) is 2.60. The zero-order valence-corrected chi connectivity index (χ0v) is 10.8. The lowest BCUT2D eigenvalue weighted by molar-refractivity contribution is 0.604. The second-order valence-electron chi connectivity index (χ2n) is 4.83. The molecule has 0 aliphatic heterocycles. The minimum Gasteiger partial charge on any atom is -0.330 e. The lowest BCUT2D eigenvalue weighted by Gasteiger charge is -2.15. The van der Waals surface area contributed by atoms with Gasteiger partial charge in [0.25, 0.3) is 0 Å². The summed E-state index contributed by atoms with van der Waals surface area (Å²) in [7, 11) is 0. The standard InChI is InChI=1S/C12H22N2S/c1-12(2,3)11-6-5-10(15-11)9-14-8-4-7-13/h5-6,14H,4,7-9,13H2,1-3H3. The van der Waals surface area contributed by atoms with Gasteiger partial charge in [-0.1, -0.05) is 20.8 Å². The first-order valence-corrected chi connectivity index (χ1v) is 6.35. The number of hydrogen-bond donors (Lipinski definition) is 2. The van der Waals surface area contributed by atoms with Crippen LogP contribution in [-0.4, -0.2) is 13.1 Å². The second-order valence-corrected chi connectivity index (χ2v) is 6.00. The molecule has 0 fully saturated rings. The van der Waals surface area contributed by atoms with Gasteiger partial charge in [-0.2, -0.15) is 0 Å². The molecule has 0 bridgehead atoms. The first-order chi connectivity index (χ1) is 7.04. The van der Waals surface area contributed by atoms with E-state index in [1.165, 1.54) is 9.75 Å². The van der Waals surface area contributed by atoms with Crippen molar-refractivity contribution in [2.75, 3.05) is 13.1 Å². The van der Waals surface area contributed by atoms with Crippen LogP contribution in [-0.2, 0) is 12.0 Å². The molecule has 0 unspecified atom stereocenters. The summed E-state index contributed by atoms with van der Waals surface area (Å²) in [4.78, 5) is 2.87. The van der Waals surface area contributed by atoms with Gasteiger partial charge in [0.1, 0.15) is 0 Å². The monoisotopic (exact) mass is 226 g/mol. The van der Waals surface area contributed by atoms with Gasteiger partial charge in [-0.05, 0) is 37.1 Å². The Hall–Kier alpha value is -0.380. The molecule has 0 aliphatic rings. The van der Waals surface area contributed by atoms with E-state index in [1.54, 1.807) is 0 Å². The number of hydrogen-bond acceptors (Lipinski definition) is 3. The Morgan fingerprint density at radius 2 is 2.07 bits per heavy atom. The molecule has 0 radical (unpaired) electrons. The number of rotatable bonds is 5. The Labute approximate surface area is 96.9 Å². The van der Waals surface area contributed by atoms with Crippen molar-refractivity contribution < 1.29 is 0 Å². The van der Waals surface area contributed by atoms with Crippen LogP contribution in [0.15, 0.2) is 12.1 Å². The van der Waals surface area contributed by atoms with Gasteiger partial charge in [-0.25, -0.2) is 0 Å². The topological polar surface area (TPSA) is 38.0 Å². The molecule has 3 heteroatoms. The summed E-state index contributed by atoms with van der Waals surface area (Å²) in [6.07, 6.45) is 1.05. The van der Waals surface area contributed by atoms with Gasteiger partial charge in [0.2, 0.25) is 0 Å². The molecule has 0 saturated heterocycles. The van der Waals surface area contributed by atoms with Crippen LogP contribution >= 0.6 is 11.3 Å². The maximum absolute atomic E-state index is 5.43. The van der Waals surface area contributed by atoms with E-state index in [2.05, 4.69) is 38.2 Å². The molecule has 15 heavy (non-hydrogen) atoms. The molecular weight excluding hydrogens is 204 g/mol. The Morgan fingerprint density at radius 1 is 1.33 bits per heavy atom. The first kappa shape index (κ1) is 12.7. The summed E-state index contributed by atoms with van der Waals surface area (Å²) in [5, 5.41) is 3.40. The third kappa shape index (κ3) is 4.33. The third-order valence-corrected chi connectivity index (χ3v) is 3.77. The molecular formula is C12H22N2S. The summed E-state index contributed by atoms with van der Waals surface area (Å²) in [6.45, 7) is 9.52. The summed E-state index contributed by atoms with van der Waals surface area (Å²) in [5.74, 6) is 0. The Bertz CT molecular complexity index is 286. The Kier molecular flexibility index (Phi) is 4.77. The largest absolute Gasteiger partial charge is 0.330 e. The van der Waals surface area contributed by atoms with Crippen molar-refractivity contribution >= 4 is 11.3 Å². The highest BCUT2D eigenvalue weighted by molar-refractivity contribution is 7.12. The summed E-state index contributed by atoms with van der Waals surface area (Å²) >= 11 is 1.90. The van der Waals surface area contributed by atoms with Crippen LogP contribution in [0.3, 0.4) is 0 Å². The minimum atomic E-state index is 0.278. The van der Waals surface area contributed by atoms with E-state index in [9.17, 15) is 0 Å². The van der Waals surface area contributed by atoms with Crippen LogP contribution in [0.2, 0.25) is 0 Å². The predicted octanol–water partition coefficient (Wildman–Crippen LogP) is 2.48. The van der Waals surface area contributed by atoms with Crippen molar-refractivity contribution in [2.45, 2.75) is 39.2 Å². The molecule has 1 rings (SSSR count). The maximum atomic E-state index is 5.43. The van der Waals surface area contributed by atoms with Crippen LogP contribution in [0.4, 0.5) is 0 Å². The Morgan fingerprint density at radius 3 is 2.60 bits per heavy atom. The van der Waals surface area contributed by atoms with E-state index in [0.717, 1.165) is 26.1 Å². The fourth-order valence-electron chi connectivity index (χ4n) is 1.31. The van der Waals surface area contributed by atoms with Gasteiger partial charge in [0.05, 0.1) is 0 Å². The van der Waals surface area contributed by atoms with Gasteiger partial charge in [-0.15, -0.1) is 11.3 Å². The number of thiophene rings is 1. The van der Waals surface area contributed by atoms with Gasteiger partial charge < -0.3 is 11.1 Å². The normalized spacial score (nSPS) is 12.0. The Balaban J connectivity index is 2.40. The van der Waals surface area contributed by atoms with E-state index in [0.29, 0.717) is 0 Å². The van der Waals surface area contributed by atoms with Crippen molar-refractivity contribution in [2.24, 2.45) is 5.73 Å². The van der Waals surface area contributed by atoms with Crippen molar-refractivity contribution in [3.63, 3.8) is 0 Å². The molecule has 2 nitrogen and oxygen atoms in total. The quantitative estimate of drug-likeness (QED) is 0.757. The van der Waals surface area contributed by atoms with Gasteiger partial charge in [0.15, 0.2) is 0 Å². The van der Waals surface area contributed by atoms with E-state index < -0.39 is 0 Å². The van der Waals surface area contributed by atoms with Crippen LogP contribution in [0.1, 0.15) is 36.9 Å². The molecule has 0 aliphatic carbocycles. The summed E-state index contributed by atoms with van der Waals surface area (Å²) in [5.41, 5.74) is 5.71. The molecule has 1 aromatic heterocycles. The lowest BCUT2D eigenvalue weighted by Crippen LogP contribution is -2.17. The zero-order valence-electron chi connectivity index (χ0n) is 9.97. The highest BCUT2D eigenvalue weighted by Gasteiger charge is 2.15. The van der Waals surface area contributed by atoms with E-state index >= 15 is 0 Å². The van der Waals surface area contributed by atoms with Gasteiger partial charge in [-0.3, -0.25) is 0 Å². The SMILES string of the molecule is CC(C)(C)c1ccc(CNCCCN)s1. The van der Waals surface area contributed by atoms with Crippen molar-refractivity contribution in [3.05, 3.63) is 21.9 Å². The van der Waals surface area contributed by atoms with E-state index in [1.807, 2.05) is 11.3 Å². The molecule has 86 valence electrons. The molecule has 0 saturated carbocycles. The maximum Gasteiger partial charge on any atom is 0.0299 e. The second kappa shape index (κ2) is 5.64. The van der Waals surface area contributed by atoms with Crippen LogP contribution in [0, 0.1) is 0 Å². The molecule has 3 N–H and O–H groups in total. The lowest BCUT2D eigenvalue weighted by atomic mass is 9.95. The average molecular weight is 226 g/mol. The highest BCUT2D eigenvalue weighted by atomic mass is 32.1. The molecule has 0 atom stereocenters. The van der Waals surface area contributed by atoms with Crippen LogP contribution < -0.4 is 11.1 Å². The van der Waals surface area contributed by atoms with E-state index in [-0.39, 0.29) is 5.41 Å².